The smallest absolute Gasteiger partial charge is 0.193 e. The Kier molecular flexibility index (Phi) is 6.85. The van der Waals surface area contributed by atoms with Gasteiger partial charge in [-0.2, -0.15) is 5.10 Å². The number of halogens is 1. The van der Waals surface area contributed by atoms with E-state index in [1.165, 1.54) is 11.3 Å². The average molecular weight is 392 g/mol. The number of guanidine groups is 1. The molecule has 1 aromatic heterocycles. The number of benzene rings is 1. The first-order valence-electron chi connectivity index (χ1n) is 8.17. The topological polar surface area (TPSA) is 45.5 Å². The molecule has 1 heterocycles. The molecule has 0 unspecified atom stereocenters. The molecule has 2 rings (SSSR count). The van der Waals surface area contributed by atoms with Crippen molar-refractivity contribution in [2.45, 2.75) is 33.4 Å². The van der Waals surface area contributed by atoms with Gasteiger partial charge in [0.2, 0.25) is 0 Å². The van der Waals surface area contributed by atoms with Crippen LogP contribution in [0, 0.1) is 13.8 Å². The molecule has 0 radical (unpaired) electrons. The van der Waals surface area contributed by atoms with Gasteiger partial charge in [0.05, 0.1) is 5.69 Å². The largest absolute Gasteiger partial charge is 0.356 e. The Bertz CT molecular complexity index is 692. The summed E-state index contributed by atoms with van der Waals surface area (Å²) >= 11 is 3.60. The normalized spacial score (nSPS) is 11.6. The third-order valence-electron chi connectivity index (χ3n) is 3.87. The van der Waals surface area contributed by atoms with Crippen LogP contribution in [-0.2, 0) is 13.1 Å². The quantitative estimate of drug-likeness (QED) is 0.466. The van der Waals surface area contributed by atoms with Crippen LogP contribution in [0.2, 0.25) is 0 Å². The Hall–Kier alpha value is -1.82. The van der Waals surface area contributed by atoms with Gasteiger partial charge in [-0.1, -0.05) is 34.1 Å². The molecule has 0 fully saturated rings. The third-order valence-corrected chi connectivity index (χ3v) is 4.65. The molecule has 0 saturated heterocycles. The number of aliphatic imine (C=N–C) groups is 1. The fourth-order valence-corrected chi connectivity index (χ4v) is 3.08. The monoisotopic (exact) mass is 391 g/mol. The molecule has 0 aliphatic carbocycles. The predicted molar refractivity (Wildman–Crippen MR) is 103 cm³/mol. The van der Waals surface area contributed by atoms with E-state index in [1.54, 1.807) is 0 Å². The van der Waals surface area contributed by atoms with Crippen molar-refractivity contribution < 1.29 is 0 Å². The van der Waals surface area contributed by atoms with Crippen molar-refractivity contribution in [3.05, 3.63) is 51.8 Å². The highest BCUT2D eigenvalue weighted by Crippen LogP contribution is 2.17. The Morgan fingerprint density at radius 1 is 1.33 bits per heavy atom. The van der Waals surface area contributed by atoms with Crippen LogP contribution >= 0.6 is 15.9 Å². The van der Waals surface area contributed by atoms with Crippen molar-refractivity contribution in [1.82, 2.24) is 20.0 Å². The maximum absolute atomic E-state index is 4.49. The lowest BCUT2D eigenvalue weighted by molar-refractivity contribution is 0.469. The van der Waals surface area contributed by atoms with Crippen molar-refractivity contribution in [3.8, 4) is 0 Å². The second kappa shape index (κ2) is 8.87. The molecular formula is C18H26BrN5. The van der Waals surface area contributed by atoms with Gasteiger partial charge in [0.1, 0.15) is 0 Å². The van der Waals surface area contributed by atoms with Crippen molar-refractivity contribution in [3.63, 3.8) is 0 Å². The number of aromatic nitrogens is 2. The number of aryl methyl sites for hydroxylation is 3. The van der Waals surface area contributed by atoms with Crippen LogP contribution in [0.25, 0.3) is 0 Å². The van der Waals surface area contributed by atoms with Gasteiger partial charge >= 0.3 is 0 Å². The highest BCUT2D eigenvalue weighted by molar-refractivity contribution is 9.10. The van der Waals surface area contributed by atoms with E-state index in [9.17, 15) is 0 Å². The maximum atomic E-state index is 4.49. The van der Waals surface area contributed by atoms with Crippen LogP contribution in [-0.4, -0.2) is 41.3 Å². The van der Waals surface area contributed by atoms with E-state index in [1.807, 2.05) is 20.0 Å². The van der Waals surface area contributed by atoms with Gasteiger partial charge in [-0.15, -0.1) is 0 Å². The van der Waals surface area contributed by atoms with Crippen molar-refractivity contribution in [2.24, 2.45) is 4.99 Å². The van der Waals surface area contributed by atoms with Crippen LogP contribution in [0.3, 0.4) is 0 Å². The molecule has 0 amide bonds. The molecular weight excluding hydrogens is 366 g/mol. The lowest BCUT2D eigenvalue weighted by Crippen LogP contribution is -2.39. The van der Waals surface area contributed by atoms with Crippen molar-refractivity contribution >= 4 is 21.9 Å². The van der Waals surface area contributed by atoms with E-state index in [2.05, 4.69) is 79.2 Å². The summed E-state index contributed by atoms with van der Waals surface area (Å²) in [6.07, 6.45) is 1.00. The van der Waals surface area contributed by atoms with Crippen LogP contribution in [0.5, 0.6) is 0 Å². The first kappa shape index (κ1) is 18.5. The summed E-state index contributed by atoms with van der Waals surface area (Å²) in [6, 6.07) is 10.4. The minimum absolute atomic E-state index is 0.804. The van der Waals surface area contributed by atoms with Gasteiger partial charge in [0.25, 0.3) is 0 Å². The number of rotatable bonds is 6. The minimum atomic E-state index is 0.804. The Balaban J connectivity index is 1.81. The number of hydrogen-bond donors (Lipinski definition) is 1. The molecule has 0 saturated carbocycles. The SMILES string of the molecule is CN=C(NCCCn1nc(C)cc1C)N(C)Cc1ccccc1Br. The van der Waals surface area contributed by atoms with Crippen LogP contribution < -0.4 is 5.32 Å². The number of hydrogen-bond acceptors (Lipinski definition) is 2. The summed E-state index contributed by atoms with van der Waals surface area (Å²) in [5.41, 5.74) is 3.53. The predicted octanol–water partition coefficient (Wildman–Crippen LogP) is 3.36. The summed E-state index contributed by atoms with van der Waals surface area (Å²) in [5, 5.41) is 7.92. The molecule has 0 aliphatic heterocycles. The fraction of sp³-hybridized carbons (Fsp3) is 0.444. The van der Waals surface area contributed by atoms with E-state index >= 15 is 0 Å². The van der Waals surface area contributed by atoms with E-state index in [-0.39, 0.29) is 0 Å². The lowest BCUT2D eigenvalue weighted by atomic mass is 10.2. The van der Waals surface area contributed by atoms with E-state index in [0.717, 1.165) is 42.2 Å². The first-order chi connectivity index (χ1) is 11.5. The molecule has 1 N–H and O–H groups in total. The summed E-state index contributed by atoms with van der Waals surface area (Å²) in [4.78, 5) is 6.50. The molecule has 130 valence electrons. The number of nitrogens with one attached hydrogen (secondary N) is 1. The van der Waals surface area contributed by atoms with Gasteiger partial charge in [0, 0.05) is 43.9 Å². The Morgan fingerprint density at radius 3 is 2.71 bits per heavy atom. The molecule has 1 aromatic carbocycles. The standard InChI is InChI=1S/C18H26BrN5/c1-14-12-15(2)24(22-14)11-7-10-21-18(20-3)23(4)13-16-8-5-6-9-17(16)19/h5-6,8-9,12H,7,10-11,13H2,1-4H3,(H,20,21). The van der Waals surface area contributed by atoms with E-state index in [0.29, 0.717) is 0 Å². The highest BCUT2D eigenvalue weighted by atomic mass is 79.9. The molecule has 0 bridgehead atoms. The minimum Gasteiger partial charge on any atom is -0.356 e. The zero-order chi connectivity index (χ0) is 17.5. The maximum Gasteiger partial charge on any atom is 0.193 e. The lowest BCUT2D eigenvalue weighted by Gasteiger charge is -2.22. The molecule has 2 aromatic rings. The Labute approximate surface area is 152 Å². The first-order valence-corrected chi connectivity index (χ1v) is 8.97. The van der Waals surface area contributed by atoms with Crippen LogP contribution in [0.4, 0.5) is 0 Å². The zero-order valence-corrected chi connectivity index (χ0v) is 16.5. The summed E-state index contributed by atoms with van der Waals surface area (Å²) in [7, 11) is 3.87. The molecule has 6 heteroatoms. The van der Waals surface area contributed by atoms with Crippen molar-refractivity contribution in [2.75, 3.05) is 20.6 Å². The van der Waals surface area contributed by atoms with Crippen molar-refractivity contribution in [1.29, 1.82) is 0 Å². The second-order valence-electron chi connectivity index (χ2n) is 5.93. The zero-order valence-electron chi connectivity index (χ0n) is 14.9. The molecule has 0 spiro atoms. The number of nitrogens with zero attached hydrogens (tertiary/aromatic N) is 4. The Morgan fingerprint density at radius 2 is 2.08 bits per heavy atom. The van der Waals surface area contributed by atoms with Gasteiger partial charge in [0.15, 0.2) is 5.96 Å². The molecule has 0 aliphatic rings. The summed E-state index contributed by atoms with van der Waals surface area (Å²) in [5.74, 6) is 0.902. The molecule has 24 heavy (non-hydrogen) atoms. The van der Waals surface area contributed by atoms with E-state index < -0.39 is 0 Å². The van der Waals surface area contributed by atoms with Gasteiger partial charge in [-0.05, 0) is 38.0 Å². The van der Waals surface area contributed by atoms with Gasteiger partial charge in [-0.25, -0.2) is 0 Å². The van der Waals surface area contributed by atoms with Crippen LogP contribution in [0.15, 0.2) is 39.8 Å². The molecule has 0 atom stereocenters. The third kappa shape index (κ3) is 5.09. The average Bonchev–Trinajstić information content (AvgIpc) is 2.87. The molecule has 5 nitrogen and oxygen atoms in total. The van der Waals surface area contributed by atoms with Gasteiger partial charge in [-0.3, -0.25) is 9.67 Å². The van der Waals surface area contributed by atoms with E-state index in [4.69, 9.17) is 0 Å². The summed E-state index contributed by atoms with van der Waals surface area (Å²) < 4.78 is 3.18. The summed E-state index contributed by atoms with van der Waals surface area (Å²) in [6.45, 7) is 6.71. The van der Waals surface area contributed by atoms with Crippen LogP contribution in [0.1, 0.15) is 23.4 Å². The highest BCUT2D eigenvalue weighted by Gasteiger charge is 2.08. The second-order valence-corrected chi connectivity index (χ2v) is 6.78. The van der Waals surface area contributed by atoms with Gasteiger partial charge < -0.3 is 10.2 Å². The fourth-order valence-electron chi connectivity index (χ4n) is 2.67.